The monoisotopic (exact) mass is 1560 g/mol. The summed E-state index contributed by atoms with van der Waals surface area (Å²) in [4.78, 5) is 4.62. The molecule has 4 aromatic heterocycles. The normalized spacial score (nSPS) is 11.3. The number of hydrogen-bond donors (Lipinski definition) is 0. The zero-order valence-corrected chi connectivity index (χ0v) is 71.4. The van der Waals surface area contributed by atoms with Gasteiger partial charge in [0.25, 0.3) is 0 Å². The molecule has 0 aliphatic heterocycles. The third-order valence-corrected chi connectivity index (χ3v) is 22.7. The van der Waals surface area contributed by atoms with E-state index < -0.39 is 0 Å². The van der Waals surface area contributed by atoms with E-state index in [1.807, 2.05) is 12.1 Å². The van der Waals surface area contributed by atoms with Crippen LogP contribution in [0.2, 0.25) is 0 Å². The summed E-state index contributed by atoms with van der Waals surface area (Å²) in [5.74, 6) is 2.14. The standard InChI is InChI=1S/3C21H19N.C21H21N.C15H15N.C15H17N/c1-15(2)16-11-13-17(14-12-16)22-20-9-5-3-7-18(20)19-8-4-6-10-21(19)22;1-15(2)17-12-8-13-19-18-11-6-7-14-20(18)22(21(17)19)16-9-4-3-5-10-16;1-15(2)16-12-13-19-18-10-6-7-11-20(18)22(21(19)14-16)17-8-4-3-5-9-17;1-17(2)18-13-15-21(16-14-18)22(19-9-5-3-6-10-19)20-11-7-4-8-12-20;1-11(2)16-14-9-5-3-7-12(14)13-8-4-6-10-15(13)16;1-13(2)16(14-9-5-3-6-10-14)15-11-7-4-8-12-15/h3*3-15H,1-2H3;3-17H,1-2H3;3-11H,1-2H3;3-13H,1-2H3. The largest absolute Gasteiger partial charge is 0.339 e. The summed E-state index contributed by atoms with van der Waals surface area (Å²) < 4.78 is 9.54. The van der Waals surface area contributed by atoms with Crippen LogP contribution in [0.25, 0.3) is 104 Å². The van der Waals surface area contributed by atoms with Crippen LogP contribution in [0.1, 0.15) is 135 Å². The molecule has 6 nitrogen and oxygen atoms in total. The highest BCUT2D eigenvalue weighted by Crippen LogP contribution is 2.41. The van der Waals surface area contributed by atoms with Gasteiger partial charge in [0, 0.05) is 112 Å². The van der Waals surface area contributed by atoms with E-state index >= 15 is 0 Å². The first-order chi connectivity index (χ1) is 58.6. The Bertz CT molecular complexity index is 6510. The fraction of sp³-hybridized carbons (Fsp3) is 0.158. The van der Waals surface area contributed by atoms with Crippen LogP contribution in [-0.4, -0.2) is 24.3 Å². The second kappa shape index (κ2) is 37.7. The maximum absolute atomic E-state index is 2.41. The predicted octanol–water partition coefficient (Wildman–Crippen LogP) is 32.6. The highest BCUT2D eigenvalue weighted by Gasteiger charge is 2.20. The Morgan fingerprint density at radius 1 is 0.200 bits per heavy atom. The third-order valence-electron chi connectivity index (χ3n) is 22.7. The molecule has 20 aromatic rings. The molecular formula is C114H110N6. The van der Waals surface area contributed by atoms with Gasteiger partial charge in [0.1, 0.15) is 0 Å². The zero-order chi connectivity index (χ0) is 83.2. The van der Waals surface area contributed by atoms with Crippen molar-refractivity contribution in [3.63, 3.8) is 0 Å². The molecule has 0 fully saturated rings. The molecule has 0 spiro atoms. The zero-order valence-electron chi connectivity index (χ0n) is 71.4. The smallest absolute Gasteiger partial charge is 0.0575 e. The van der Waals surface area contributed by atoms with Crippen molar-refractivity contribution in [1.82, 2.24) is 18.3 Å². The molecule has 0 saturated heterocycles. The van der Waals surface area contributed by atoms with E-state index in [4.69, 9.17) is 0 Å². The number of benzene rings is 16. The highest BCUT2D eigenvalue weighted by molar-refractivity contribution is 6.12. The van der Waals surface area contributed by atoms with Crippen LogP contribution in [0.4, 0.5) is 28.4 Å². The molecule has 0 aliphatic rings. The lowest BCUT2D eigenvalue weighted by Crippen LogP contribution is -2.25. The Labute approximate surface area is 709 Å². The summed E-state index contributed by atoms with van der Waals surface area (Å²) in [5, 5.41) is 10.6. The molecule has 16 aromatic carbocycles. The summed E-state index contributed by atoms with van der Waals surface area (Å²) in [6.45, 7) is 26.8. The van der Waals surface area contributed by atoms with Crippen LogP contribution < -0.4 is 9.80 Å². The minimum atomic E-state index is 0.449. The Balaban J connectivity index is 0.000000113. The number of fused-ring (bicyclic) bond motifs is 12. The number of anilines is 5. The SMILES string of the molecule is CC(C)N(c1ccccc1)c1ccccc1.CC(C)c1ccc(-n2c3ccccc3c3ccccc32)cc1.CC(C)c1ccc(N(c2ccccc2)c2ccccc2)cc1.CC(C)c1ccc2c3ccccc3n(-c3ccccc3)c2c1.CC(C)c1cccc2c3ccccc3n(-c3ccccc3)c12.CC(C)n1c2ccccc2c2ccccc21. The van der Waals surface area contributed by atoms with E-state index in [2.05, 4.69) is 512 Å². The van der Waals surface area contributed by atoms with Gasteiger partial charge in [0.2, 0.25) is 0 Å². The van der Waals surface area contributed by atoms with Crippen LogP contribution in [0.15, 0.2) is 413 Å². The molecule has 4 heterocycles. The van der Waals surface area contributed by atoms with Gasteiger partial charge in [-0.25, -0.2) is 0 Å². The molecular weight excluding hydrogens is 1450 g/mol. The summed E-state index contributed by atoms with van der Waals surface area (Å²) in [6.07, 6.45) is 0. The van der Waals surface area contributed by atoms with Crippen LogP contribution in [-0.2, 0) is 0 Å². The van der Waals surface area contributed by atoms with E-state index in [-0.39, 0.29) is 0 Å². The van der Waals surface area contributed by atoms with Crippen LogP contribution >= 0.6 is 0 Å². The molecule has 0 aliphatic carbocycles. The second-order valence-corrected chi connectivity index (χ2v) is 32.7. The summed E-state index contributed by atoms with van der Waals surface area (Å²) >= 11 is 0. The minimum absolute atomic E-state index is 0.449. The number of hydrogen-bond acceptors (Lipinski definition) is 2. The van der Waals surface area contributed by atoms with Gasteiger partial charge in [-0.3, -0.25) is 0 Å². The first kappa shape index (κ1) is 81.5. The Hall–Kier alpha value is -13.7. The molecule has 0 saturated carbocycles. The van der Waals surface area contributed by atoms with Crippen molar-refractivity contribution in [3.8, 4) is 17.1 Å². The maximum Gasteiger partial charge on any atom is 0.0575 e. The Morgan fingerprint density at radius 3 is 0.867 bits per heavy atom. The quantitative estimate of drug-likeness (QED) is 0.108. The number of rotatable bonds is 14. The molecule has 120 heavy (non-hydrogen) atoms. The maximum atomic E-state index is 2.41. The molecule has 20 rings (SSSR count). The first-order valence-corrected chi connectivity index (χ1v) is 42.7. The second-order valence-electron chi connectivity index (χ2n) is 32.7. The topological polar surface area (TPSA) is 26.2 Å². The van der Waals surface area contributed by atoms with Gasteiger partial charge >= 0.3 is 0 Å². The van der Waals surface area contributed by atoms with Gasteiger partial charge in [-0.1, -0.05) is 328 Å². The highest BCUT2D eigenvalue weighted by atomic mass is 15.2. The van der Waals surface area contributed by atoms with Crippen molar-refractivity contribution >= 4 is 116 Å². The van der Waals surface area contributed by atoms with Gasteiger partial charge in [-0.15, -0.1) is 0 Å². The average Bonchev–Trinajstić information content (AvgIpc) is 1.35. The lowest BCUT2D eigenvalue weighted by molar-refractivity contribution is 0.642. The average molecular weight is 1560 g/mol. The van der Waals surface area contributed by atoms with Crippen LogP contribution in [0.3, 0.4) is 0 Å². The summed E-state index contributed by atoms with van der Waals surface area (Å²) in [7, 11) is 0. The fourth-order valence-electron chi connectivity index (χ4n) is 16.8. The van der Waals surface area contributed by atoms with Crippen molar-refractivity contribution in [2.24, 2.45) is 0 Å². The van der Waals surface area contributed by atoms with Crippen LogP contribution in [0, 0.1) is 0 Å². The molecule has 6 heteroatoms. The number of aromatic nitrogens is 4. The first-order valence-electron chi connectivity index (χ1n) is 42.7. The third kappa shape index (κ3) is 17.6. The Morgan fingerprint density at radius 2 is 0.483 bits per heavy atom. The lowest BCUT2D eigenvalue weighted by Gasteiger charge is -2.29. The van der Waals surface area contributed by atoms with Gasteiger partial charge in [0.05, 0.1) is 33.1 Å². The minimum Gasteiger partial charge on any atom is -0.339 e. The van der Waals surface area contributed by atoms with Gasteiger partial charge in [0.15, 0.2) is 0 Å². The van der Waals surface area contributed by atoms with E-state index in [1.54, 1.807) is 0 Å². The number of nitrogens with zero attached hydrogens (tertiary/aromatic N) is 6. The molecule has 0 amide bonds. The molecule has 0 bridgehead atoms. The van der Waals surface area contributed by atoms with Crippen molar-refractivity contribution in [2.45, 2.75) is 119 Å². The van der Waals surface area contributed by atoms with Crippen molar-refractivity contribution in [2.75, 3.05) is 9.80 Å². The van der Waals surface area contributed by atoms with Gasteiger partial charge in [-0.2, -0.15) is 0 Å². The van der Waals surface area contributed by atoms with Crippen molar-refractivity contribution in [1.29, 1.82) is 0 Å². The van der Waals surface area contributed by atoms with Gasteiger partial charge < -0.3 is 28.1 Å². The predicted molar refractivity (Wildman–Crippen MR) is 520 cm³/mol. The number of para-hydroxylation sites is 13. The molecule has 0 unspecified atom stereocenters. The van der Waals surface area contributed by atoms with Crippen molar-refractivity contribution < 1.29 is 0 Å². The van der Waals surface area contributed by atoms with Crippen molar-refractivity contribution in [3.05, 3.63) is 435 Å². The summed E-state index contributed by atoms with van der Waals surface area (Å²) in [5.41, 5.74) is 25.6. The molecule has 0 radical (unpaired) electrons. The van der Waals surface area contributed by atoms with Gasteiger partial charge in [-0.05, 0) is 213 Å². The molecule has 596 valence electrons. The molecule has 0 atom stereocenters. The molecule has 0 N–H and O–H groups in total. The lowest BCUT2D eigenvalue weighted by atomic mass is 10.00. The fourth-order valence-corrected chi connectivity index (χ4v) is 16.8. The van der Waals surface area contributed by atoms with E-state index in [0.29, 0.717) is 35.8 Å². The van der Waals surface area contributed by atoms with E-state index in [1.165, 1.54) is 155 Å². The summed E-state index contributed by atoms with van der Waals surface area (Å²) in [6, 6.07) is 147. The van der Waals surface area contributed by atoms with E-state index in [0.717, 1.165) is 0 Å². The Kier molecular flexibility index (Phi) is 25.6. The van der Waals surface area contributed by atoms with E-state index in [9.17, 15) is 0 Å². The van der Waals surface area contributed by atoms with Crippen LogP contribution in [0.5, 0.6) is 0 Å².